The summed E-state index contributed by atoms with van der Waals surface area (Å²) < 4.78 is 0. The molecule has 0 bridgehead atoms. The number of amides is 2. The van der Waals surface area contributed by atoms with Crippen molar-refractivity contribution in [2.75, 3.05) is 20.1 Å². The summed E-state index contributed by atoms with van der Waals surface area (Å²) in [6.07, 6.45) is 9.31. The van der Waals surface area contributed by atoms with Crippen LogP contribution in [0.2, 0.25) is 0 Å². The van der Waals surface area contributed by atoms with E-state index in [4.69, 9.17) is 0 Å². The van der Waals surface area contributed by atoms with Crippen LogP contribution >= 0.6 is 0 Å². The van der Waals surface area contributed by atoms with Gasteiger partial charge in [-0.25, -0.2) is 4.79 Å². The smallest absolute Gasteiger partial charge is 0.317 e. The number of rotatable bonds is 0. The number of urea groups is 1. The molecule has 15 heavy (non-hydrogen) atoms. The largest absolute Gasteiger partial charge is 0.341 e. The van der Waals surface area contributed by atoms with Crippen molar-refractivity contribution < 1.29 is 4.79 Å². The maximum Gasteiger partial charge on any atom is 0.317 e. The van der Waals surface area contributed by atoms with E-state index < -0.39 is 0 Å². The zero-order valence-electron chi connectivity index (χ0n) is 9.72. The highest BCUT2D eigenvalue weighted by molar-refractivity contribution is 5.73. The topological polar surface area (TPSA) is 32.3 Å². The van der Waals surface area contributed by atoms with Crippen molar-refractivity contribution in [2.24, 2.45) is 5.41 Å². The fourth-order valence-corrected chi connectivity index (χ4v) is 3.25. The van der Waals surface area contributed by atoms with Crippen LogP contribution in [0.15, 0.2) is 0 Å². The van der Waals surface area contributed by atoms with Crippen LogP contribution < -0.4 is 5.32 Å². The Labute approximate surface area is 92.2 Å². The lowest BCUT2D eigenvalue weighted by Gasteiger charge is -2.45. The standard InChI is InChI=1S/C12H22N2O/c1-13-11(15)14-9-5-8-12(10-14)6-3-2-4-7-12/h2-10H2,1H3,(H,13,15). The lowest BCUT2D eigenvalue weighted by molar-refractivity contribution is 0.0713. The molecule has 1 heterocycles. The van der Waals surface area contributed by atoms with Crippen LogP contribution in [0, 0.1) is 5.41 Å². The first-order valence-corrected chi connectivity index (χ1v) is 6.22. The highest BCUT2D eigenvalue weighted by atomic mass is 16.2. The lowest BCUT2D eigenvalue weighted by Crippen LogP contribution is -2.49. The second-order valence-corrected chi connectivity index (χ2v) is 5.14. The van der Waals surface area contributed by atoms with Gasteiger partial charge in [-0.2, -0.15) is 0 Å². The van der Waals surface area contributed by atoms with Gasteiger partial charge in [0.05, 0.1) is 0 Å². The van der Waals surface area contributed by atoms with E-state index in [0.717, 1.165) is 13.1 Å². The minimum absolute atomic E-state index is 0.111. The van der Waals surface area contributed by atoms with Gasteiger partial charge >= 0.3 is 6.03 Å². The molecule has 1 aliphatic heterocycles. The van der Waals surface area contributed by atoms with Crippen molar-refractivity contribution in [1.82, 2.24) is 10.2 Å². The molecule has 2 fully saturated rings. The Hall–Kier alpha value is -0.730. The zero-order valence-corrected chi connectivity index (χ0v) is 9.72. The predicted octanol–water partition coefficient (Wildman–Crippen LogP) is 2.37. The lowest BCUT2D eigenvalue weighted by atomic mass is 9.69. The normalized spacial score (nSPS) is 25.3. The van der Waals surface area contributed by atoms with Gasteiger partial charge in [0.15, 0.2) is 0 Å². The molecular weight excluding hydrogens is 188 g/mol. The van der Waals surface area contributed by atoms with Gasteiger partial charge in [-0.05, 0) is 31.1 Å². The van der Waals surface area contributed by atoms with Crippen molar-refractivity contribution in [1.29, 1.82) is 0 Å². The molecule has 2 rings (SSSR count). The third-order valence-electron chi connectivity index (χ3n) is 4.08. The third-order valence-corrected chi connectivity index (χ3v) is 4.08. The van der Waals surface area contributed by atoms with Crippen molar-refractivity contribution >= 4 is 6.03 Å². The SMILES string of the molecule is CNC(=O)N1CCCC2(CCCCC2)C1. The number of carbonyl (C=O) groups excluding carboxylic acids is 1. The van der Waals surface area contributed by atoms with E-state index in [1.54, 1.807) is 7.05 Å². The van der Waals surface area contributed by atoms with Gasteiger partial charge in [0.25, 0.3) is 0 Å². The zero-order chi connectivity index (χ0) is 10.7. The highest BCUT2D eigenvalue weighted by Gasteiger charge is 2.37. The average Bonchev–Trinajstić information content (AvgIpc) is 2.29. The molecule has 0 atom stereocenters. The Morgan fingerprint density at radius 3 is 2.47 bits per heavy atom. The number of likely N-dealkylation sites (tertiary alicyclic amines) is 1. The first-order chi connectivity index (χ1) is 7.26. The fraction of sp³-hybridized carbons (Fsp3) is 0.917. The number of hydrogen-bond donors (Lipinski definition) is 1. The summed E-state index contributed by atoms with van der Waals surface area (Å²) in [6.45, 7) is 1.94. The molecule has 0 radical (unpaired) electrons. The molecule has 1 aliphatic carbocycles. The van der Waals surface area contributed by atoms with Crippen LogP contribution in [0.4, 0.5) is 4.79 Å². The summed E-state index contributed by atoms with van der Waals surface area (Å²) in [5.41, 5.74) is 0.475. The minimum Gasteiger partial charge on any atom is -0.341 e. The monoisotopic (exact) mass is 210 g/mol. The van der Waals surface area contributed by atoms with E-state index in [1.165, 1.54) is 44.9 Å². The van der Waals surface area contributed by atoms with Gasteiger partial charge in [-0.15, -0.1) is 0 Å². The number of carbonyl (C=O) groups is 1. The molecule has 3 nitrogen and oxygen atoms in total. The molecule has 1 saturated carbocycles. The van der Waals surface area contributed by atoms with Crippen molar-refractivity contribution in [2.45, 2.75) is 44.9 Å². The van der Waals surface area contributed by atoms with Crippen LogP contribution in [-0.2, 0) is 0 Å². The van der Waals surface area contributed by atoms with Crippen molar-refractivity contribution in [3.8, 4) is 0 Å². The number of hydrogen-bond acceptors (Lipinski definition) is 1. The number of nitrogens with zero attached hydrogens (tertiary/aromatic N) is 1. The summed E-state index contributed by atoms with van der Waals surface area (Å²) in [5.74, 6) is 0. The Kier molecular flexibility index (Phi) is 3.17. The molecule has 0 aromatic carbocycles. The van der Waals surface area contributed by atoms with E-state index in [2.05, 4.69) is 5.32 Å². The Morgan fingerprint density at radius 2 is 1.80 bits per heavy atom. The molecular formula is C12H22N2O. The van der Waals surface area contributed by atoms with Gasteiger partial charge < -0.3 is 10.2 Å². The third kappa shape index (κ3) is 2.27. The maximum absolute atomic E-state index is 11.6. The first kappa shape index (κ1) is 10.8. The van der Waals surface area contributed by atoms with Crippen molar-refractivity contribution in [3.63, 3.8) is 0 Å². The van der Waals surface area contributed by atoms with Gasteiger partial charge in [0.1, 0.15) is 0 Å². The first-order valence-electron chi connectivity index (χ1n) is 6.22. The summed E-state index contributed by atoms with van der Waals surface area (Å²) in [7, 11) is 1.73. The second-order valence-electron chi connectivity index (χ2n) is 5.14. The van der Waals surface area contributed by atoms with Gasteiger partial charge in [0, 0.05) is 20.1 Å². The van der Waals surface area contributed by atoms with Crippen LogP contribution in [0.3, 0.4) is 0 Å². The maximum atomic E-state index is 11.6. The van der Waals surface area contributed by atoms with Crippen molar-refractivity contribution in [3.05, 3.63) is 0 Å². The van der Waals surface area contributed by atoms with Crippen LogP contribution in [0.1, 0.15) is 44.9 Å². The molecule has 3 heteroatoms. The van der Waals surface area contributed by atoms with E-state index >= 15 is 0 Å². The molecule has 1 N–H and O–H groups in total. The second kappa shape index (κ2) is 4.42. The molecule has 2 amide bonds. The fourth-order valence-electron chi connectivity index (χ4n) is 3.25. The van der Waals surface area contributed by atoms with E-state index in [-0.39, 0.29) is 6.03 Å². The van der Waals surface area contributed by atoms with Gasteiger partial charge in [-0.1, -0.05) is 19.3 Å². The minimum atomic E-state index is 0.111. The summed E-state index contributed by atoms with van der Waals surface area (Å²) in [6, 6.07) is 0.111. The molecule has 1 spiro atoms. The summed E-state index contributed by atoms with van der Waals surface area (Å²) >= 11 is 0. The number of piperidine rings is 1. The molecule has 0 aromatic heterocycles. The Bertz CT molecular complexity index is 228. The summed E-state index contributed by atoms with van der Waals surface area (Å²) in [4.78, 5) is 13.6. The summed E-state index contributed by atoms with van der Waals surface area (Å²) in [5, 5.41) is 2.74. The Morgan fingerprint density at radius 1 is 1.13 bits per heavy atom. The molecule has 2 aliphatic rings. The average molecular weight is 210 g/mol. The van der Waals surface area contributed by atoms with E-state index in [0.29, 0.717) is 5.41 Å². The molecule has 86 valence electrons. The van der Waals surface area contributed by atoms with Gasteiger partial charge in [0.2, 0.25) is 0 Å². The van der Waals surface area contributed by atoms with Gasteiger partial charge in [-0.3, -0.25) is 0 Å². The number of nitrogens with one attached hydrogen (secondary N) is 1. The molecule has 1 saturated heterocycles. The van der Waals surface area contributed by atoms with Crippen LogP contribution in [0.25, 0.3) is 0 Å². The molecule has 0 unspecified atom stereocenters. The predicted molar refractivity (Wildman–Crippen MR) is 60.8 cm³/mol. The van der Waals surface area contributed by atoms with E-state index in [1.807, 2.05) is 4.90 Å². The Balaban J connectivity index is 1.99. The van der Waals surface area contributed by atoms with E-state index in [9.17, 15) is 4.79 Å². The van der Waals surface area contributed by atoms with Crippen LogP contribution in [0.5, 0.6) is 0 Å². The molecule has 0 aromatic rings. The highest BCUT2D eigenvalue weighted by Crippen LogP contribution is 2.43. The van der Waals surface area contributed by atoms with Crippen LogP contribution in [-0.4, -0.2) is 31.1 Å². The quantitative estimate of drug-likeness (QED) is 0.654.